The Morgan fingerprint density at radius 1 is 1.10 bits per heavy atom. The summed E-state index contributed by atoms with van der Waals surface area (Å²) in [6.07, 6.45) is 5.67. The number of methoxy groups -OCH3 is 1. The quantitative estimate of drug-likeness (QED) is 0.320. The smallest absolute Gasteiger partial charge is 0.245 e. The number of fused-ring (bicyclic) bond motifs is 1. The Hall–Kier alpha value is -4.16. The highest BCUT2D eigenvalue weighted by Crippen LogP contribution is 2.36. The Morgan fingerprint density at radius 2 is 1.86 bits per heavy atom. The number of ether oxygens (including phenoxy) is 1. The van der Waals surface area contributed by atoms with Gasteiger partial charge in [-0.3, -0.25) is 9.10 Å². The standard InChI is InChI=1S/C30H35N7O4S/c1-35(42(3,39)40)26-7-5-4-6-23(26)27-11-9-22-19-32-30(34-37(22)27)33-24-10-8-21(18-28(24)41-2)20-13-16-36(17-14-20)29(38)25-12-15-31-25/h4-11,18-20,25,31H,12-17H2,1-3H3,(H,33,34). The monoisotopic (exact) mass is 589 g/mol. The minimum Gasteiger partial charge on any atom is -0.495 e. The van der Waals surface area contributed by atoms with E-state index in [1.54, 1.807) is 23.9 Å². The number of carbonyl (C=O) groups is 1. The summed E-state index contributed by atoms with van der Waals surface area (Å²) in [5, 5.41) is 11.2. The number of benzene rings is 2. The molecule has 1 amide bonds. The summed E-state index contributed by atoms with van der Waals surface area (Å²) in [6.45, 7) is 2.45. The van der Waals surface area contributed by atoms with Crippen molar-refractivity contribution in [2.24, 2.45) is 0 Å². The first kappa shape index (κ1) is 28.0. The van der Waals surface area contributed by atoms with E-state index in [0.717, 1.165) is 61.4 Å². The van der Waals surface area contributed by atoms with Gasteiger partial charge in [0, 0.05) is 25.7 Å². The molecule has 220 valence electrons. The van der Waals surface area contributed by atoms with E-state index in [0.29, 0.717) is 23.3 Å². The zero-order valence-electron chi connectivity index (χ0n) is 23.9. The normalized spacial score (nSPS) is 17.6. The molecule has 2 fully saturated rings. The third-order valence-corrected chi connectivity index (χ3v) is 9.48. The van der Waals surface area contributed by atoms with Crippen molar-refractivity contribution in [2.75, 3.05) is 49.7 Å². The largest absolute Gasteiger partial charge is 0.495 e. The van der Waals surface area contributed by atoms with Gasteiger partial charge in [0.15, 0.2) is 0 Å². The lowest BCUT2D eigenvalue weighted by Gasteiger charge is -2.37. The average Bonchev–Trinajstić information content (AvgIpc) is 3.39. The fourth-order valence-corrected chi connectivity index (χ4v) is 6.16. The van der Waals surface area contributed by atoms with Gasteiger partial charge in [0.25, 0.3) is 0 Å². The molecule has 2 aliphatic rings. The van der Waals surface area contributed by atoms with Gasteiger partial charge in [-0.1, -0.05) is 24.3 Å². The van der Waals surface area contributed by atoms with Gasteiger partial charge in [-0.15, -0.1) is 5.10 Å². The molecule has 42 heavy (non-hydrogen) atoms. The summed E-state index contributed by atoms with van der Waals surface area (Å²) in [5.41, 5.74) is 4.71. The molecule has 1 unspecified atom stereocenters. The fourth-order valence-electron chi connectivity index (χ4n) is 5.64. The number of sulfonamides is 1. The van der Waals surface area contributed by atoms with Crippen LogP contribution in [0.4, 0.5) is 17.3 Å². The number of hydrogen-bond donors (Lipinski definition) is 2. The van der Waals surface area contributed by atoms with Crippen molar-refractivity contribution >= 4 is 38.8 Å². The summed E-state index contributed by atoms with van der Waals surface area (Å²) in [7, 11) is -0.276. The molecule has 0 aliphatic carbocycles. The number of piperidine rings is 1. The second-order valence-corrected chi connectivity index (χ2v) is 12.9. The van der Waals surface area contributed by atoms with Crippen molar-refractivity contribution in [2.45, 2.75) is 31.2 Å². The number of rotatable bonds is 8. The molecule has 1 atom stereocenters. The molecule has 4 aromatic rings. The van der Waals surface area contributed by atoms with Crippen LogP contribution in [0.15, 0.2) is 60.8 Å². The summed E-state index contributed by atoms with van der Waals surface area (Å²) in [6, 6.07) is 17.2. The summed E-state index contributed by atoms with van der Waals surface area (Å²) >= 11 is 0. The zero-order chi connectivity index (χ0) is 29.4. The highest BCUT2D eigenvalue weighted by atomic mass is 32.2. The molecule has 0 bridgehead atoms. The van der Waals surface area contributed by atoms with Crippen LogP contribution >= 0.6 is 0 Å². The maximum atomic E-state index is 12.6. The van der Waals surface area contributed by atoms with Gasteiger partial charge >= 0.3 is 0 Å². The molecule has 2 aromatic carbocycles. The SMILES string of the molecule is COc1cc(C2CCN(C(=O)C3CCN3)CC2)ccc1Nc1ncc2ccc(-c3ccccc3N(C)S(C)(=O)=O)n2n1. The van der Waals surface area contributed by atoms with Crippen LogP contribution in [0.1, 0.15) is 30.7 Å². The lowest BCUT2D eigenvalue weighted by molar-refractivity contribution is -0.136. The maximum absolute atomic E-state index is 12.6. The molecule has 0 spiro atoms. The van der Waals surface area contributed by atoms with Gasteiger partial charge < -0.3 is 20.3 Å². The Morgan fingerprint density at radius 3 is 2.55 bits per heavy atom. The van der Waals surface area contributed by atoms with Crippen LogP contribution in [0, 0.1) is 0 Å². The Kier molecular flexibility index (Phi) is 7.50. The van der Waals surface area contributed by atoms with Crippen LogP contribution in [-0.4, -0.2) is 79.9 Å². The number of likely N-dealkylation sites (tertiary alicyclic amines) is 1. The van der Waals surface area contributed by atoms with Crippen LogP contribution in [0.2, 0.25) is 0 Å². The maximum Gasteiger partial charge on any atom is 0.245 e. The number of amides is 1. The number of para-hydroxylation sites is 1. The fraction of sp³-hybridized carbons (Fsp3) is 0.367. The van der Waals surface area contributed by atoms with Crippen LogP contribution in [-0.2, 0) is 14.8 Å². The van der Waals surface area contributed by atoms with E-state index >= 15 is 0 Å². The predicted molar refractivity (Wildman–Crippen MR) is 163 cm³/mol. The number of carbonyl (C=O) groups excluding carboxylic acids is 1. The van der Waals surface area contributed by atoms with E-state index in [9.17, 15) is 13.2 Å². The van der Waals surface area contributed by atoms with Crippen molar-refractivity contribution in [1.82, 2.24) is 24.8 Å². The lowest BCUT2D eigenvalue weighted by atomic mass is 9.88. The first-order chi connectivity index (χ1) is 20.2. The minimum atomic E-state index is -3.45. The second kappa shape index (κ2) is 11.3. The van der Waals surface area contributed by atoms with Crippen molar-refractivity contribution < 1.29 is 17.9 Å². The molecule has 11 nitrogen and oxygen atoms in total. The minimum absolute atomic E-state index is 0.000343. The van der Waals surface area contributed by atoms with Gasteiger partial charge in [-0.2, -0.15) is 0 Å². The molecular weight excluding hydrogens is 554 g/mol. The lowest BCUT2D eigenvalue weighted by Crippen LogP contribution is -2.55. The van der Waals surface area contributed by atoms with Gasteiger partial charge in [0.2, 0.25) is 21.9 Å². The molecule has 6 rings (SSSR count). The Labute approximate surface area is 245 Å². The van der Waals surface area contributed by atoms with Crippen molar-refractivity contribution in [3.8, 4) is 17.0 Å². The second-order valence-electron chi connectivity index (χ2n) is 10.9. The third-order valence-electron chi connectivity index (χ3n) is 8.29. The first-order valence-corrected chi connectivity index (χ1v) is 15.9. The average molecular weight is 590 g/mol. The first-order valence-electron chi connectivity index (χ1n) is 14.1. The third kappa shape index (κ3) is 5.39. The number of nitrogens with zero attached hydrogens (tertiary/aromatic N) is 5. The van der Waals surface area contributed by atoms with E-state index in [-0.39, 0.29) is 11.9 Å². The molecule has 0 saturated carbocycles. The summed E-state index contributed by atoms with van der Waals surface area (Å²) < 4.78 is 33.3. The molecular formula is C30H35N7O4S. The highest BCUT2D eigenvalue weighted by Gasteiger charge is 2.32. The van der Waals surface area contributed by atoms with E-state index in [1.165, 1.54) is 23.2 Å². The molecule has 4 heterocycles. The van der Waals surface area contributed by atoms with E-state index in [2.05, 4.69) is 27.8 Å². The number of hydrogen-bond acceptors (Lipinski definition) is 8. The van der Waals surface area contributed by atoms with Gasteiger partial charge in [0.05, 0.1) is 48.2 Å². The van der Waals surface area contributed by atoms with Gasteiger partial charge in [0.1, 0.15) is 5.75 Å². The van der Waals surface area contributed by atoms with Gasteiger partial charge in [-0.25, -0.2) is 17.9 Å². The number of anilines is 3. The van der Waals surface area contributed by atoms with E-state index in [1.807, 2.05) is 41.3 Å². The molecule has 2 N–H and O–H groups in total. The van der Waals surface area contributed by atoms with Crippen LogP contribution < -0.4 is 19.7 Å². The molecule has 2 aromatic heterocycles. The topological polar surface area (TPSA) is 121 Å². The Balaban J connectivity index is 1.22. The molecule has 12 heteroatoms. The zero-order valence-corrected chi connectivity index (χ0v) is 24.8. The van der Waals surface area contributed by atoms with E-state index < -0.39 is 10.0 Å². The van der Waals surface area contributed by atoms with Crippen molar-refractivity contribution in [3.05, 3.63) is 66.4 Å². The van der Waals surface area contributed by atoms with Crippen molar-refractivity contribution in [3.63, 3.8) is 0 Å². The summed E-state index contributed by atoms with van der Waals surface area (Å²) in [4.78, 5) is 19.1. The number of aromatic nitrogens is 3. The van der Waals surface area contributed by atoms with Crippen LogP contribution in [0.25, 0.3) is 16.8 Å². The predicted octanol–water partition coefficient (Wildman–Crippen LogP) is 3.61. The van der Waals surface area contributed by atoms with Crippen LogP contribution in [0.5, 0.6) is 5.75 Å². The van der Waals surface area contributed by atoms with Crippen molar-refractivity contribution in [1.29, 1.82) is 0 Å². The van der Waals surface area contributed by atoms with Crippen LogP contribution in [0.3, 0.4) is 0 Å². The van der Waals surface area contributed by atoms with Gasteiger partial charge in [-0.05, 0) is 67.6 Å². The van der Waals surface area contributed by atoms with E-state index in [4.69, 9.17) is 9.84 Å². The highest BCUT2D eigenvalue weighted by molar-refractivity contribution is 7.92. The Bertz CT molecular complexity index is 1730. The number of nitrogens with one attached hydrogen (secondary N) is 2. The molecule has 2 aliphatic heterocycles. The molecule has 0 radical (unpaired) electrons. The molecule has 2 saturated heterocycles. The summed E-state index contributed by atoms with van der Waals surface area (Å²) in [5.74, 6) is 1.63.